The van der Waals surface area contributed by atoms with E-state index in [1.54, 1.807) is 23.2 Å². The van der Waals surface area contributed by atoms with E-state index < -0.39 is 11.9 Å². The molecule has 21 heavy (non-hydrogen) atoms. The fourth-order valence-corrected chi connectivity index (χ4v) is 2.58. The van der Waals surface area contributed by atoms with Crippen LogP contribution in [0, 0.1) is 5.92 Å². The number of carboxylic acids is 1. The van der Waals surface area contributed by atoms with Crippen LogP contribution in [0.25, 0.3) is 0 Å². The first kappa shape index (κ1) is 17.7. The quantitative estimate of drug-likeness (QED) is 0.673. The van der Waals surface area contributed by atoms with Gasteiger partial charge in [-0.25, -0.2) is 0 Å². The number of rotatable bonds is 10. The Kier molecular flexibility index (Phi) is 8.00. The van der Waals surface area contributed by atoms with Crippen LogP contribution in [0.2, 0.25) is 0 Å². The van der Waals surface area contributed by atoms with Crippen molar-refractivity contribution in [3.05, 3.63) is 22.4 Å². The van der Waals surface area contributed by atoms with Crippen LogP contribution in [0.15, 0.2) is 16.8 Å². The standard InChI is InChI=1S/C15H23NO4S/c1-3-20-7-4-6-16(10-12(2)15(18)19)14(17)9-13-5-8-21-11-13/h5,8,11-12H,3-4,6-7,9-10H2,1-2H3,(H,18,19). The molecule has 1 N–H and O–H groups in total. The summed E-state index contributed by atoms with van der Waals surface area (Å²) in [7, 11) is 0. The molecule has 1 atom stereocenters. The SMILES string of the molecule is CCOCCCN(CC(C)C(=O)O)C(=O)Cc1ccsc1. The van der Waals surface area contributed by atoms with Gasteiger partial charge in [-0.2, -0.15) is 11.3 Å². The van der Waals surface area contributed by atoms with Crippen molar-refractivity contribution in [3.8, 4) is 0 Å². The third-order valence-electron chi connectivity index (χ3n) is 3.12. The molecule has 118 valence electrons. The van der Waals surface area contributed by atoms with Crippen molar-refractivity contribution >= 4 is 23.2 Å². The van der Waals surface area contributed by atoms with Gasteiger partial charge in [0.1, 0.15) is 0 Å². The molecule has 0 saturated heterocycles. The lowest BCUT2D eigenvalue weighted by Gasteiger charge is -2.24. The molecule has 1 unspecified atom stereocenters. The monoisotopic (exact) mass is 313 g/mol. The molecule has 0 aliphatic heterocycles. The molecule has 1 aromatic heterocycles. The highest BCUT2D eigenvalue weighted by Crippen LogP contribution is 2.10. The van der Waals surface area contributed by atoms with Crippen LogP contribution in [0.1, 0.15) is 25.8 Å². The Morgan fingerprint density at radius 3 is 2.81 bits per heavy atom. The van der Waals surface area contributed by atoms with Crippen LogP contribution in [-0.4, -0.2) is 48.2 Å². The summed E-state index contributed by atoms with van der Waals surface area (Å²) in [6.45, 7) is 5.54. The number of hydrogen-bond donors (Lipinski definition) is 1. The van der Waals surface area contributed by atoms with Crippen molar-refractivity contribution < 1.29 is 19.4 Å². The van der Waals surface area contributed by atoms with Crippen molar-refractivity contribution in [2.24, 2.45) is 5.92 Å². The Balaban J connectivity index is 2.56. The summed E-state index contributed by atoms with van der Waals surface area (Å²) < 4.78 is 5.27. The van der Waals surface area contributed by atoms with Gasteiger partial charge in [0, 0.05) is 26.3 Å². The Morgan fingerprint density at radius 2 is 2.24 bits per heavy atom. The highest BCUT2D eigenvalue weighted by atomic mass is 32.1. The van der Waals surface area contributed by atoms with Gasteiger partial charge in [-0.15, -0.1) is 0 Å². The minimum absolute atomic E-state index is 0.0296. The largest absolute Gasteiger partial charge is 0.481 e. The van der Waals surface area contributed by atoms with Gasteiger partial charge in [0.05, 0.1) is 12.3 Å². The minimum Gasteiger partial charge on any atom is -0.481 e. The first-order valence-electron chi connectivity index (χ1n) is 7.14. The van der Waals surface area contributed by atoms with E-state index in [4.69, 9.17) is 9.84 Å². The molecule has 0 aromatic carbocycles. The Bertz CT molecular complexity index is 433. The molecule has 6 heteroatoms. The van der Waals surface area contributed by atoms with Crippen LogP contribution >= 0.6 is 11.3 Å². The number of thiophene rings is 1. The summed E-state index contributed by atoms with van der Waals surface area (Å²) in [5.41, 5.74) is 0.975. The molecule has 0 bridgehead atoms. The van der Waals surface area contributed by atoms with Gasteiger partial charge in [0.15, 0.2) is 0 Å². The predicted octanol–water partition coefficient (Wildman–Crippen LogP) is 2.27. The van der Waals surface area contributed by atoms with Gasteiger partial charge >= 0.3 is 5.97 Å². The van der Waals surface area contributed by atoms with E-state index in [9.17, 15) is 9.59 Å². The average Bonchev–Trinajstić information content (AvgIpc) is 2.94. The molecule has 1 heterocycles. The van der Waals surface area contributed by atoms with Crippen LogP contribution in [0.5, 0.6) is 0 Å². The number of amides is 1. The van der Waals surface area contributed by atoms with Crippen molar-refractivity contribution in [2.75, 3.05) is 26.3 Å². The second-order valence-corrected chi connectivity index (χ2v) is 5.72. The Morgan fingerprint density at radius 1 is 1.48 bits per heavy atom. The van der Waals surface area contributed by atoms with E-state index in [0.29, 0.717) is 26.2 Å². The van der Waals surface area contributed by atoms with Gasteiger partial charge < -0.3 is 14.7 Å². The van der Waals surface area contributed by atoms with Crippen LogP contribution in [0.3, 0.4) is 0 Å². The fraction of sp³-hybridized carbons (Fsp3) is 0.600. The van der Waals surface area contributed by atoms with Crippen molar-refractivity contribution in [3.63, 3.8) is 0 Å². The maximum absolute atomic E-state index is 12.3. The minimum atomic E-state index is -0.881. The third kappa shape index (κ3) is 6.73. The zero-order chi connectivity index (χ0) is 15.7. The summed E-state index contributed by atoms with van der Waals surface area (Å²) in [4.78, 5) is 25.0. The number of carbonyl (C=O) groups is 2. The van der Waals surface area contributed by atoms with E-state index >= 15 is 0 Å². The number of nitrogens with zero attached hydrogens (tertiary/aromatic N) is 1. The predicted molar refractivity (Wildman–Crippen MR) is 82.5 cm³/mol. The highest BCUT2D eigenvalue weighted by Gasteiger charge is 2.20. The fourth-order valence-electron chi connectivity index (χ4n) is 1.91. The van der Waals surface area contributed by atoms with Crippen molar-refractivity contribution in [1.82, 2.24) is 4.90 Å². The molecule has 0 saturated carbocycles. The maximum atomic E-state index is 12.3. The number of carboxylic acid groups (broad SMARTS) is 1. The maximum Gasteiger partial charge on any atom is 0.308 e. The normalized spacial score (nSPS) is 12.1. The summed E-state index contributed by atoms with van der Waals surface area (Å²) in [5.74, 6) is -1.48. The second-order valence-electron chi connectivity index (χ2n) is 4.94. The number of ether oxygens (including phenoxy) is 1. The third-order valence-corrected chi connectivity index (χ3v) is 3.86. The zero-order valence-corrected chi connectivity index (χ0v) is 13.4. The van der Waals surface area contributed by atoms with E-state index in [1.807, 2.05) is 23.8 Å². The molecule has 1 rings (SSSR count). The van der Waals surface area contributed by atoms with Gasteiger partial charge in [-0.05, 0) is 35.7 Å². The second kappa shape index (κ2) is 9.52. The molecule has 0 fully saturated rings. The molecule has 0 aliphatic carbocycles. The first-order chi connectivity index (χ1) is 10.0. The van der Waals surface area contributed by atoms with Gasteiger partial charge in [-0.1, -0.05) is 6.92 Å². The molecular weight excluding hydrogens is 290 g/mol. The number of hydrogen-bond acceptors (Lipinski definition) is 4. The lowest BCUT2D eigenvalue weighted by molar-refractivity contribution is -0.143. The molecule has 0 radical (unpaired) electrons. The van der Waals surface area contributed by atoms with Crippen LogP contribution < -0.4 is 0 Å². The summed E-state index contributed by atoms with van der Waals surface area (Å²) >= 11 is 1.55. The lowest BCUT2D eigenvalue weighted by atomic mass is 10.1. The summed E-state index contributed by atoms with van der Waals surface area (Å²) in [6.07, 6.45) is 1.04. The lowest BCUT2D eigenvalue weighted by Crippen LogP contribution is -2.38. The molecule has 0 spiro atoms. The zero-order valence-electron chi connectivity index (χ0n) is 12.6. The van der Waals surface area contributed by atoms with Gasteiger partial charge in [0.2, 0.25) is 5.91 Å². The van der Waals surface area contributed by atoms with E-state index in [0.717, 1.165) is 12.0 Å². The molecule has 1 aromatic rings. The molecule has 0 aliphatic rings. The smallest absolute Gasteiger partial charge is 0.308 e. The average molecular weight is 313 g/mol. The van der Waals surface area contributed by atoms with Crippen molar-refractivity contribution in [2.45, 2.75) is 26.7 Å². The van der Waals surface area contributed by atoms with E-state index in [2.05, 4.69) is 0 Å². The summed E-state index contributed by atoms with van der Waals surface area (Å²) in [5, 5.41) is 12.9. The van der Waals surface area contributed by atoms with Gasteiger partial charge in [-0.3, -0.25) is 9.59 Å². The van der Waals surface area contributed by atoms with Crippen LogP contribution in [0.4, 0.5) is 0 Å². The van der Waals surface area contributed by atoms with E-state index in [-0.39, 0.29) is 12.5 Å². The van der Waals surface area contributed by atoms with Crippen molar-refractivity contribution in [1.29, 1.82) is 0 Å². The molecule has 5 nitrogen and oxygen atoms in total. The molecular formula is C15H23NO4S. The van der Waals surface area contributed by atoms with Gasteiger partial charge in [0.25, 0.3) is 0 Å². The summed E-state index contributed by atoms with van der Waals surface area (Å²) in [6, 6.07) is 1.92. The topological polar surface area (TPSA) is 66.8 Å². The van der Waals surface area contributed by atoms with Crippen LogP contribution in [-0.2, 0) is 20.7 Å². The van der Waals surface area contributed by atoms with E-state index in [1.165, 1.54) is 0 Å². The Hall–Kier alpha value is -1.40. The first-order valence-corrected chi connectivity index (χ1v) is 8.08. The Labute approximate surface area is 129 Å². The molecule has 1 amide bonds. The number of carbonyl (C=O) groups excluding carboxylic acids is 1. The number of aliphatic carboxylic acids is 1. The highest BCUT2D eigenvalue weighted by molar-refractivity contribution is 7.07.